The molecule has 4 nitrogen and oxygen atoms in total. The molecule has 1 aliphatic heterocycles. The maximum absolute atomic E-state index is 12.3. The first-order valence-corrected chi connectivity index (χ1v) is 8.73. The second-order valence-corrected chi connectivity index (χ2v) is 7.88. The summed E-state index contributed by atoms with van der Waals surface area (Å²) in [7, 11) is -2.98. The minimum absolute atomic E-state index is 0.00246. The van der Waals surface area contributed by atoms with Crippen LogP contribution < -0.4 is 0 Å². The molecular formula is C15H21NO3S. The zero-order valence-corrected chi connectivity index (χ0v) is 12.8. The van der Waals surface area contributed by atoms with Gasteiger partial charge in [-0.05, 0) is 31.9 Å². The van der Waals surface area contributed by atoms with Crippen LogP contribution in [0.25, 0.3) is 0 Å². The number of rotatable bonds is 3. The molecule has 20 heavy (non-hydrogen) atoms. The van der Waals surface area contributed by atoms with Gasteiger partial charge in [-0.2, -0.15) is 0 Å². The van der Waals surface area contributed by atoms with Crippen LogP contribution in [-0.4, -0.2) is 43.3 Å². The van der Waals surface area contributed by atoms with Gasteiger partial charge >= 0.3 is 0 Å². The second-order valence-electron chi connectivity index (χ2n) is 5.31. The number of hydrogen-bond acceptors (Lipinski definition) is 3. The van der Waals surface area contributed by atoms with E-state index in [0.717, 1.165) is 5.56 Å². The van der Waals surface area contributed by atoms with E-state index in [9.17, 15) is 13.2 Å². The number of likely N-dealkylation sites (tertiary alicyclic amines) is 1. The van der Waals surface area contributed by atoms with Crippen LogP contribution in [0.4, 0.5) is 0 Å². The molecule has 5 heteroatoms. The van der Waals surface area contributed by atoms with Crippen molar-refractivity contribution in [1.29, 1.82) is 0 Å². The van der Waals surface area contributed by atoms with Crippen LogP contribution in [0.1, 0.15) is 35.7 Å². The van der Waals surface area contributed by atoms with Crippen molar-refractivity contribution >= 4 is 15.7 Å². The van der Waals surface area contributed by atoms with Gasteiger partial charge in [-0.25, -0.2) is 8.42 Å². The molecule has 0 saturated carbocycles. The van der Waals surface area contributed by atoms with Gasteiger partial charge in [0.1, 0.15) is 0 Å². The lowest BCUT2D eigenvalue weighted by atomic mass is 10.1. The highest BCUT2D eigenvalue weighted by Crippen LogP contribution is 2.20. The van der Waals surface area contributed by atoms with E-state index in [0.29, 0.717) is 31.5 Å². The number of piperidine rings is 1. The molecule has 0 spiro atoms. The number of carbonyl (C=O) groups excluding carboxylic acids is 1. The molecule has 1 amide bonds. The summed E-state index contributed by atoms with van der Waals surface area (Å²) < 4.78 is 23.7. The van der Waals surface area contributed by atoms with Crippen LogP contribution in [0.5, 0.6) is 0 Å². The van der Waals surface area contributed by atoms with Gasteiger partial charge in [0.05, 0.1) is 5.25 Å². The average Bonchev–Trinajstić information content (AvgIpc) is 2.47. The SMILES string of the molecule is CCS(=O)(=O)C1CCN(C(=O)c2ccc(C)cc2)CC1. The third kappa shape index (κ3) is 3.20. The Hall–Kier alpha value is -1.36. The Kier molecular flexibility index (Phi) is 4.48. The predicted molar refractivity (Wildman–Crippen MR) is 79.6 cm³/mol. The predicted octanol–water partition coefficient (Wildman–Crippen LogP) is 2.03. The largest absolute Gasteiger partial charge is 0.339 e. The van der Waals surface area contributed by atoms with Gasteiger partial charge < -0.3 is 4.90 Å². The third-order valence-electron chi connectivity index (χ3n) is 3.94. The zero-order valence-electron chi connectivity index (χ0n) is 12.0. The molecule has 1 fully saturated rings. The summed E-state index contributed by atoms with van der Waals surface area (Å²) in [6.07, 6.45) is 1.10. The van der Waals surface area contributed by atoms with Gasteiger partial charge in [-0.3, -0.25) is 4.79 Å². The fourth-order valence-corrected chi connectivity index (χ4v) is 3.93. The Morgan fingerprint density at radius 2 is 1.75 bits per heavy atom. The Balaban J connectivity index is 2.00. The van der Waals surface area contributed by atoms with Crippen LogP contribution in [0.3, 0.4) is 0 Å². The van der Waals surface area contributed by atoms with Gasteiger partial charge in [0.25, 0.3) is 5.91 Å². The lowest BCUT2D eigenvalue weighted by Gasteiger charge is -2.31. The molecule has 2 rings (SSSR count). The molecule has 0 radical (unpaired) electrons. The number of aryl methyl sites for hydroxylation is 1. The molecule has 1 aliphatic rings. The maximum Gasteiger partial charge on any atom is 0.253 e. The number of nitrogens with zero attached hydrogens (tertiary/aromatic N) is 1. The number of carbonyl (C=O) groups is 1. The fourth-order valence-electron chi connectivity index (χ4n) is 2.53. The van der Waals surface area contributed by atoms with Crippen molar-refractivity contribution in [3.05, 3.63) is 35.4 Å². The van der Waals surface area contributed by atoms with E-state index in [1.165, 1.54) is 0 Å². The first-order chi connectivity index (χ1) is 9.44. The zero-order chi connectivity index (χ0) is 14.8. The van der Waals surface area contributed by atoms with Crippen molar-refractivity contribution in [3.8, 4) is 0 Å². The van der Waals surface area contributed by atoms with Crippen LogP contribution >= 0.6 is 0 Å². The Labute approximate surface area is 120 Å². The van der Waals surface area contributed by atoms with Crippen LogP contribution in [0.2, 0.25) is 0 Å². The summed E-state index contributed by atoms with van der Waals surface area (Å²) in [4.78, 5) is 14.1. The van der Waals surface area contributed by atoms with E-state index in [1.807, 2.05) is 31.2 Å². The van der Waals surface area contributed by atoms with E-state index in [1.54, 1.807) is 11.8 Å². The minimum atomic E-state index is -2.98. The van der Waals surface area contributed by atoms with Gasteiger partial charge in [-0.15, -0.1) is 0 Å². The molecule has 110 valence electrons. The van der Waals surface area contributed by atoms with Gasteiger partial charge in [0.2, 0.25) is 0 Å². The van der Waals surface area contributed by atoms with Crippen LogP contribution in [0, 0.1) is 6.92 Å². The standard InChI is InChI=1S/C15H21NO3S/c1-3-20(18,19)14-8-10-16(11-9-14)15(17)13-6-4-12(2)5-7-13/h4-7,14H,3,8-11H2,1-2H3. The number of sulfone groups is 1. The molecular weight excluding hydrogens is 274 g/mol. The highest BCUT2D eigenvalue weighted by molar-refractivity contribution is 7.92. The van der Waals surface area contributed by atoms with Gasteiger partial charge in [-0.1, -0.05) is 24.6 Å². The first-order valence-electron chi connectivity index (χ1n) is 7.01. The Bertz CT molecular complexity index is 570. The van der Waals surface area contributed by atoms with Gasteiger partial charge in [0, 0.05) is 24.4 Å². The summed E-state index contributed by atoms with van der Waals surface area (Å²) in [5, 5.41) is -0.283. The molecule has 1 aromatic carbocycles. The molecule has 1 aromatic rings. The number of benzene rings is 1. The topological polar surface area (TPSA) is 54.5 Å². The number of hydrogen-bond donors (Lipinski definition) is 0. The Morgan fingerprint density at radius 1 is 1.20 bits per heavy atom. The average molecular weight is 295 g/mol. The molecule has 0 aromatic heterocycles. The van der Waals surface area contributed by atoms with Gasteiger partial charge in [0.15, 0.2) is 9.84 Å². The molecule has 1 heterocycles. The molecule has 0 bridgehead atoms. The molecule has 1 saturated heterocycles. The van der Waals surface area contributed by atoms with E-state index < -0.39 is 9.84 Å². The van der Waals surface area contributed by atoms with Crippen molar-refractivity contribution in [3.63, 3.8) is 0 Å². The lowest BCUT2D eigenvalue weighted by molar-refractivity contribution is 0.0725. The molecule has 0 atom stereocenters. The summed E-state index contributed by atoms with van der Waals surface area (Å²) >= 11 is 0. The third-order valence-corrected chi connectivity index (χ3v) is 6.23. The summed E-state index contributed by atoms with van der Waals surface area (Å²) in [6.45, 7) is 4.71. The lowest BCUT2D eigenvalue weighted by Crippen LogP contribution is -2.42. The molecule has 0 N–H and O–H groups in total. The highest BCUT2D eigenvalue weighted by Gasteiger charge is 2.30. The van der Waals surface area contributed by atoms with Crippen LogP contribution in [0.15, 0.2) is 24.3 Å². The maximum atomic E-state index is 12.3. The summed E-state index contributed by atoms with van der Waals surface area (Å²) in [6, 6.07) is 7.49. The van der Waals surface area contributed by atoms with E-state index in [2.05, 4.69) is 0 Å². The highest BCUT2D eigenvalue weighted by atomic mass is 32.2. The van der Waals surface area contributed by atoms with Crippen molar-refractivity contribution < 1.29 is 13.2 Å². The van der Waals surface area contributed by atoms with Crippen LogP contribution in [-0.2, 0) is 9.84 Å². The fraction of sp³-hybridized carbons (Fsp3) is 0.533. The van der Waals surface area contributed by atoms with E-state index in [4.69, 9.17) is 0 Å². The van der Waals surface area contributed by atoms with Crippen molar-refractivity contribution in [2.45, 2.75) is 31.9 Å². The summed E-state index contributed by atoms with van der Waals surface area (Å²) in [5.41, 5.74) is 1.79. The normalized spacial score (nSPS) is 17.2. The first kappa shape index (κ1) is 15.0. The van der Waals surface area contributed by atoms with E-state index in [-0.39, 0.29) is 16.9 Å². The van der Waals surface area contributed by atoms with Crippen molar-refractivity contribution in [1.82, 2.24) is 4.90 Å². The molecule has 0 unspecified atom stereocenters. The Morgan fingerprint density at radius 3 is 2.25 bits per heavy atom. The smallest absolute Gasteiger partial charge is 0.253 e. The quantitative estimate of drug-likeness (QED) is 0.857. The summed E-state index contributed by atoms with van der Waals surface area (Å²) in [5.74, 6) is 0.182. The molecule has 0 aliphatic carbocycles. The second kappa shape index (κ2) is 5.95. The van der Waals surface area contributed by atoms with Crippen molar-refractivity contribution in [2.24, 2.45) is 0 Å². The van der Waals surface area contributed by atoms with Crippen molar-refractivity contribution in [2.75, 3.05) is 18.8 Å². The monoisotopic (exact) mass is 295 g/mol. The number of amides is 1. The van der Waals surface area contributed by atoms with E-state index >= 15 is 0 Å². The minimum Gasteiger partial charge on any atom is -0.339 e.